The lowest BCUT2D eigenvalue weighted by molar-refractivity contribution is -0.138. The highest BCUT2D eigenvalue weighted by molar-refractivity contribution is 6.30. The van der Waals surface area contributed by atoms with Crippen LogP contribution in [0.2, 0.25) is 5.02 Å². The molecule has 0 saturated carbocycles. The molecule has 0 aliphatic carbocycles. The highest BCUT2D eigenvalue weighted by atomic mass is 35.5. The Morgan fingerprint density at radius 3 is 2.44 bits per heavy atom. The van der Waals surface area contributed by atoms with Crippen LogP contribution in [-0.2, 0) is 6.18 Å². The summed E-state index contributed by atoms with van der Waals surface area (Å²) in [7, 11) is 0. The molecule has 0 saturated heterocycles. The molecule has 0 atom stereocenters. The van der Waals surface area contributed by atoms with Gasteiger partial charge in [0, 0.05) is 22.5 Å². The monoisotopic (exact) mass is 271 g/mol. The largest absolute Gasteiger partial charge is 0.418 e. The van der Waals surface area contributed by atoms with E-state index < -0.39 is 11.7 Å². The Balaban J connectivity index is 2.54. The van der Waals surface area contributed by atoms with Crippen molar-refractivity contribution in [3.63, 3.8) is 0 Å². The van der Waals surface area contributed by atoms with E-state index in [9.17, 15) is 13.2 Å². The van der Waals surface area contributed by atoms with Gasteiger partial charge in [-0.25, -0.2) is 0 Å². The van der Waals surface area contributed by atoms with Crippen LogP contribution >= 0.6 is 11.6 Å². The Kier molecular flexibility index (Phi) is 3.30. The average Bonchev–Trinajstić information content (AvgIpc) is 2.28. The van der Waals surface area contributed by atoms with Gasteiger partial charge in [-0.05, 0) is 30.7 Å². The highest BCUT2D eigenvalue weighted by Crippen LogP contribution is 2.33. The zero-order valence-electron chi connectivity index (χ0n) is 9.42. The Hall–Kier alpha value is -1.55. The van der Waals surface area contributed by atoms with Crippen LogP contribution in [0.15, 0.2) is 36.5 Å². The Labute approximate surface area is 107 Å². The molecule has 5 heteroatoms. The molecule has 0 unspecified atom stereocenters. The van der Waals surface area contributed by atoms with Gasteiger partial charge in [-0.2, -0.15) is 13.2 Å². The molecule has 1 aromatic carbocycles. The SMILES string of the molecule is Cc1ncc(-c2cccc(Cl)c2)cc1C(F)(F)F. The summed E-state index contributed by atoms with van der Waals surface area (Å²) in [6.07, 6.45) is -2.98. The molecule has 0 spiro atoms. The molecule has 2 aromatic rings. The maximum Gasteiger partial charge on any atom is 0.418 e. The number of aromatic nitrogens is 1. The molecule has 0 aliphatic rings. The van der Waals surface area contributed by atoms with Crippen molar-refractivity contribution in [2.24, 2.45) is 0 Å². The van der Waals surface area contributed by atoms with Crippen LogP contribution in [0.4, 0.5) is 13.2 Å². The molecule has 0 bridgehead atoms. The van der Waals surface area contributed by atoms with E-state index in [0.717, 1.165) is 6.07 Å². The van der Waals surface area contributed by atoms with Crippen LogP contribution in [0.3, 0.4) is 0 Å². The predicted octanol–water partition coefficient (Wildman–Crippen LogP) is 4.73. The molecular weight excluding hydrogens is 263 g/mol. The fraction of sp³-hybridized carbons (Fsp3) is 0.154. The van der Waals surface area contributed by atoms with E-state index in [4.69, 9.17) is 11.6 Å². The quantitative estimate of drug-likeness (QED) is 0.731. The lowest BCUT2D eigenvalue weighted by atomic mass is 10.0. The fourth-order valence-corrected chi connectivity index (χ4v) is 1.84. The van der Waals surface area contributed by atoms with Crippen molar-refractivity contribution >= 4 is 11.6 Å². The zero-order chi connectivity index (χ0) is 13.3. The molecule has 2 rings (SSSR count). The number of alkyl halides is 3. The van der Waals surface area contributed by atoms with Crippen LogP contribution in [0.5, 0.6) is 0 Å². The van der Waals surface area contributed by atoms with Gasteiger partial charge in [-0.15, -0.1) is 0 Å². The molecule has 0 radical (unpaired) electrons. The summed E-state index contributed by atoms with van der Waals surface area (Å²) in [5.41, 5.74) is 0.254. The minimum Gasteiger partial charge on any atom is -0.260 e. The van der Waals surface area contributed by atoms with Crippen molar-refractivity contribution in [3.8, 4) is 11.1 Å². The highest BCUT2D eigenvalue weighted by Gasteiger charge is 2.33. The smallest absolute Gasteiger partial charge is 0.260 e. The number of pyridine rings is 1. The van der Waals surface area contributed by atoms with Gasteiger partial charge in [0.15, 0.2) is 0 Å². The summed E-state index contributed by atoms with van der Waals surface area (Å²) in [6.45, 7) is 1.34. The number of benzene rings is 1. The van der Waals surface area contributed by atoms with Gasteiger partial charge in [-0.1, -0.05) is 23.7 Å². The third-order valence-corrected chi connectivity index (χ3v) is 2.79. The molecule has 0 N–H and O–H groups in total. The number of aryl methyl sites for hydroxylation is 1. The molecule has 1 aromatic heterocycles. The van der Waals surface area contributed by atoms with Gasteiger partial charge in [0.25, 0.3) is 0 Å². The molecule has 94 valence electrons. The molecule has 1 nitrogen and oxygen atoms in total. The topological polar surface area (TPSA) is 12.9 Å². The van der Waals surface area contributed by atoms with E-state index >= 15 is 0 Å². The number of nitrogens with zero attached hydrogens (tertiary/aromatic N) is 1. The summed E-state index contributed by atoms with van der Waals surface area (Å²) in [6, 6.07) is 7.74. The maximum atomic E-state index is 12.8. The van der Waals surface area contributed by atoms with E-state index in [2.05, 4.69) is 4.98 Å². The summed E-state index contributed by atoms with van der Waals surface area (Å²) >= 11 is 5.81. The summed E-state index contributed by atoms with van der Waals surface area (Å²) in [4.78, 5) is 3.79. The normalized spacial score (nSPS) is 11.6. The first-order valence-electron chi connectivity index (χ1n) is 5.18. The van der Waals surface area contributed by atoms with Gasteiger partial charge in [0.1, 0.15) is 0 Å². The first kappa shape index (κ1) is 12.9. The van der Waals surface area contributed by atoms with Gasteiger partial charge >= 0.3 is 6.18 Å². The lowest BCUT2D eigenvalue weighted by Gasteiger charge is -2.11. The summed E-state index contributed by atoms with van der Waals surface area (Å²) in [5.74, 6) is 0. The number of rotatable bonds is 1. The van der Waals surface area contributed by atoms with E-state index in [1.807, 2.05) is 0 Å². The minimum atomic E-state index is -4.40. The van der Waals surface area contributed by atoms with Gasteiger partial charge in [0.2, 0.25) is 0 Å². The fourth-order valence-electron chi connectivity index (χ4n) is 1.65. The van der Waals surface area contributed by atoms with E-state index in [-0.39, 0.29) is 5.69 Å². The Morgan fingerprint density at radius 1 is 1.11 bits per heavy atom. The first-order valence-corrected chi connectivity index (χ1v) is 5.55. The van der Waals surface area contributed by atoms with E-state index in [1.54, 1.807) is 24.3 Å². The van der Waals surface area contributed by atoms with Crippen molar-refractivity contribution in [2.75, 3.05) is 0 Å². The van der Waals surface area contributed by atoms with E-state index in [1.165, 1.54) is 13.1 Å². The summed E-state index contributed by atoms with van der Waals surface area (Å²) < 4.78 is 38.3. The van der Waals surface area contributed by atoms with Crippen molar-refractivity contribution in [1.29, 1.82) is 0 Å². The molecule has 1 heterocycles. The van der Waals surface area contributed by atoms with Gasteiger partial charge in [-0.3, -0.25) is 4.98 Å². The van der Waals surface area contributed by atoms with Crippen molar-refractivity contribution in [1.82, 2.24) is 4.98 Å². The van der Waals surface area contributed by atoms with Crippen molar-refractivity contribution in [3.05, 3.63) is 52.8 Å². The molecule has 18 heavy (non-hydrogen) atoms. The standard InChI is InChI=1S/C13H9ClF3N/c1-8-12(13(15,16)17)6-10(7-18-8)9-3-2-4-11(14)5-9/h2-7H,1H3. The second-order valence-corrected chi connectivity index (χ2v) is 4.30. The number of hydrogen-bond donors (Lipinski definition) is 0. The molecule has 0 aliphatic heterocycles. The Bertz CT molecular complexity index is 579. The van der Waals surface area contributed by atoms with Crippen LogP contribution in [-0.4, -0.2) is 4.98 Å². The molecular formula is C13H9ClF3N. The third kappa shape index (κ3) is 2.64. The summed E-state index contributed by atoms with van der Waals surface area (Å²) in [5, 5.41) is 0.474. The second kappa shape index (κ2) is 4.61. The lowest BCUT2D eigenvalue weighted by Crippen LogP contribution is -2.08. The first-order chi connectivity index (χ1) is 8.38. The van der Waals surface area contributed by atoms with Crippen LogP contribution in [0, 0.1) is 6.92 Å². The maximum absolute atomic E-state index is 12.8. The number of halogens is 4. The van der Waals surface area contributed by atoms with Crippen molar-refractivity contribution in [2.45, 2.75) is 13.1 Å². The van der Waals surface area contributed by atoms with Gasteiger partial charge < -0.3 is 0 Å². The molecule has 0 amide bonds. The Morgan fingerprint density at radius 2 is 1.83 bits per heavy atom. The number of hydrogen-bond acceptors (Lipinski definition) is 1. The van der Waals surface area contributed by atoms with E-state index in [0.29, 0.717) is 16.1 Å². The van der Waals surface area contributed by atoms with Crippen LogP contribution < -0.4 is 0 Å². The third-order valence-electron chi connectivity index (χ3n) is 2.55. The minimum absolute atomic E-state index is 0.0340. The zero-order valence-corrected chi connectivity index (χ0v) is 10.2. The van der Waals surface area contributed by atoms with Gasteiger partial charge in [0.05, 0.1) is 5.56 Å². The molecule has 0 fully saturated rings. The van der Waals surface area contributed by atoms with Crippen LogP contribution in [0.1, 0.15) is 11.3 Å². The second-order valence-electron chi connectivity index (χ2n) is 3.87. The predicted molar refractivity (Wildman–Crippen MR) is 64.4 cm³/mol. The van der Waals surface area contributed by atoms with Crippen LogP contribution in [0.25, 0.3) is 11.1 Å². The average molecular weight is 272 g/mol. The van der Waals surface area contributed by atoms with Crippen molar-refractivity contribution < 1.29 is 13.2 Å².